The Labute approximate surface area is 137 Å². The Bertz CT molecular complexity index is 712. The lowest BCUT2D eigenvalue weighted by Crippen LogP contribution is -2.34. The molecule has 0 atom stereocenters. The van der Waals surface area contributed by atoms with Crippen LogP contribution in [0.25, 0.3) is 0 Å². The van der Waals surface area contributed by atoms with Crippen LogP contribution in [0, 0.1) is 13.8 Å². The number of carbonyl (C=O) groups is 1. The SMILES string of the molecule is Cc1cc(C)cc(C2(C(=O)NCc3ccccc3CO)CC2)c1. The number of nitrogens with one attached hydrogen (secondary N) is 1. The molecule has 1 fully saturated rings. The minimum absolute atomic E-state index is 0.00569. The molecule has 0 spiro atoms. The average Bonchev–Trinajstić information content (AvgIpc) is 3.34. The molecule has 23 heavy (non-hydrogen) atoms. The lowest BCUT2D eigenvalue weighted by Gasteiger charge is -2.18. The van der Waals surface area contributed by atoms with E-state index in [9.17, 15) is 9.90 Å². The fourth-order valence-corrected chi connectivity index (χ4v) is 3.25. The molecule has 1 saturated carbocycles. The van der Waals surface area contributed by atoms with Crippen LogP contribution >= 0.6 is 0 Å². The maximum Gasteiger partial charge on any atom is 0.230 e. The second-order valence-corrected chi connectivity index (χ2v) is 6.57. The summed E-state index contributed by atoms with van der Waals surface area (Å²) in [6.45, 7) is 4.60. The van der Waals surface area contributed by atoms with Crippen LogP contribution in [0.4, 0.5) is 0 Å². The molecule has 0 unspecified atom stereocenters. The fourth-order valence-electron chi connectivity index (χ4n) is 3.25. The van der Waals surface area contributed by atoms with Crippen molar-refractivity contribution in [2.45, 2.75) is 45.3 Å². The van der Waals surface area contributed by atoms with Gasteiger partial charge in [0, 0.05) is 6.54 Å². The van der Waals surface area contributed by atoms with Gasteiger partial charge < -0.3 is 10.4 Å². The summed E-state index contributed by atoms with van der Waals surface area (Å²) in [5.41, 5.74) is 5.01. The molecule has 0 bridgehead atoms. The number of carbonyl (C=O) groups excluding carboxylic acids is 1. The summed E-state index contributed by atoms with van der Waals surface area (Å²) in [6.07, 6.45) is 1.81. The van der Waals surface area contributed by atoms with Crippen molar-refractivity contribution in [1.82, 2.24) is 5.32 Å². The van der Waals surface area contributed by atoms with Crippen LogP contribution in [0.5, 0.6) is 0 Å². The summed E-state index contributed by atoms with van der Waals surface area (Å²) in [4.78, 5) is 12.7. The Morgan fingerprint density at radius 3 is 2.26 bits per heavy atom. The first-order chi connectivity index (χ1) is 11.0. The molecule has 1 aliphatic rings. The molecule has 0 aromatic heterocycles. The Morgan fingerprint density at radius 2 is 1.70 bits per heavy atom. The molecule has 1 aliphatic carbocycles. The third-order valence-corrected chi connectivity index (χ3v) is 4.69. The highest BCUT2D eigenvalue weighted by Gasteiger charge is 2.51. The van der Waals surface area contributed by atoms with Crippen LogP contribution in [0.2, 0.25) is 0 Å². The zero-order valence-electron chi connectivity index (χ0n) is 13.7. The van der Waals surface area contributed by atoms with E-state index in [1.165, 1.54) is 11.1 Å². The number of hydrogen-bond donors (Lipinski definition) is 2. The van der Waals surface area contributed by atoms with E-state index in [0.717, 1.165) is 29.5 Å². The van der Waals surface area contributed by atoms with Crippen LogP contribution in [0.1, 0.15) is 40.7 Å². The predicted octanol–water partition coefficient (Wildman–Crippen LogP) is 3.14. The van der Waals surface area contributed by atoms with Crippen LogP contribution in [-0.2, 0) is 23.4 Å². The number of aryl methyl sites for hydroxylation is 2. The molecule has 1 amide bonds. The number of aliphatic hydroxyl groups is 1. The molecule has 0 radical (unpaired) electrons. The van der Waals surface area contributed by atoms with Crippen molar-refractivity contribution in [3.63, 3.8) is 0 Å². The molecule has 3 heteroatoms. The van der Waals surface area contributed by atoms with Crippen LogP contribution in [-0.4, -0.2) is 11.0 Å². The van der Waals surface area contributed by atoms with Crippen molar-refractivity contribution >= 4 is 5.91 Å². The second kappa shape index (κ2) is 6.17. The molecule has 0 saturated heterocycles. The first kappa shape index (κ1) is 15.8. The Hall–Kier alpha value is -2.13. The molecular formula is C20H23NO2. The van der Waals surface area contributed by atoms with Crippen molar-refractivity contribution in [2.24, 2.45) is 0 Å². The third-order valence-electron chi connectivity index (χ3n) is 4.69. The topological polar surface area (TPSA) is 49.3 Å². The van der Waals surface area contributed by atoms with Gasteiger partial charge in [-0.15, -0.1) is 0 Å². The lowest BCUT2D eigenvalue weighted by molar-refractivity contribution is -0.123. The van der Waals surface area contributed by atoms with Crippen LogP contribution in [0.15, 0.2) is 42.5 Å². The van der Waals surface area contributed by atoms with Gasteiger partial charge in [-0.1, -0.05) is 53.6 Å². The molecule has 0 aliphatic heterocycles. The normalized spacial score (nSPS) is 15.3. The second-order valence-electron chi connectivity index (χ2n) is 6.57. The molecule has 120 valence electrons. The highest BCUT2D eigenvalue weighted by Crippen LogP contribution is 2.48. The van der Waals surface area contributed by atoms with Gasteiger partial charge in [-0.05, 0) is 43.4 Å². The first-order valence-electron chi connectivity index (χ1n) is 8.10. The lowest BCUT2D eigenvalue weighted by atomic mass is 9.92. The molecule has 2 N–H and O–H groups in total. The first-order valence-corrected chi connectivity index (χ1v) is 8.10. The molecular weight excluding hydrogens is 286 g/mol. The van der Waals surface area contributed by atoms with Gasteiger partial charge >= 0.3 is 0 Å². The number of amides is 1. The maximum absolute atomic E-state index is 12.7. The van der Waals surface area contributed by atoms with Crippen LogP contribution < -0.4 is 5.32 Å². The summed E-state index contributed by atoms with van der Waals surface area (Å²) in [5.74, 6) is 0.0928. The monoisotopic (exact) mass is 309 g/mol. The van der Waals surface area contributed by atoms with E-state index in [4.69, 9.17) is 0 Å². The number of rotatable bonds is 5. The molecule has 3 nitrogen and oxygen atoms in total. The smallest absolute Gasteiger partial charge is 0.230 e. The van der Waals surface area contributed by atoms with Gasteiger partial charge in [0.15, 0.2) is 0 Å². The van der Waals surface area contributed by atoms with E-state index in [2.05, 4.69) is 37.4 Å². The van der Waals surface area contributed by atoms with Gasteiger partial charge in [-0.2, -0.15) is 0 Å². The number of aliphatic hydroxyl groups excluding tert-OH is 1. The van der Waals surface area contributed by atoms with E-state index >= 15 is 0 Å². The minimum Gasteiger partial charge on any atom is -0.392 e. The van der Waals surface area contributed by atoms with Gasteiger partial charge in [0.25, 0.3) is 0 Å². The van der Waals surface area contributed by atoms with E-state index in [0.29, 0.717) is 6.54 Å². The number of benzene rings is 2. The van der Waals surface area contributed by atoms with Gasteiger partial charge in [-0.25, -0.2) is 0 Å². The molecule has 2 aromatic carbocycles. The van der Waals surface area contributed by atoms with Gasteiger partial charge in [0.1, 0.15) is 0 Å². The van der Waals surface area contributed by atoms with E-state index < -0.39 is 0 Å². The summed E-state index contributed by atoms with van der Waals surface area (Å²) in [5, 5.41) is 12.4. The third kappa shape index (κ3) is 3.15. The van der Waals surface area contributed by atoms with E-state index in [1.54, 1.807) is 0 Å². The van der Waals surface area contributed by atoms with Crippen molar-refractivity contribution in [2.75, 3.05) is 0 Å². The van der Waals surface area contributed by atoms with E-state index in [-0.39, 0.29) is 17.9 Å². The summed E-state index contributed by atoms with van der Waals surface area (Å²) in [6, 6.07) is 14.0. The van der Waals surface area contributed by atoms with Crippen molar-refractivity contribution in [3.8, 4) is 0 Å². The fraction of sp³-hybridized carbons (Fsp3) is 0.350. The largest absolute Gasteiger partial charge is 0.392 e. The average molecular weight is 309 g/mol. The van der Waals surface area contributed by atoms with Gasteiger partial charge in [-0.3, -0.25) is 4.79 Å². The zero-order valence-corrected chi connectivity index (χ0v) is 13.7. The summed E-state index contributed by atoms with van der Waals surface area (Å²) >= 11 is 0. The molecule has 2 aromatic rings. The van der Waals surface area contributed by atoms with Crippen molar-refractivity contribution in [3.05, 3.63) is 70.3 Å². The molecule has 3 rings (SSSR count). The van der Waals surface area contributed by atoms with Crippen LogP contribution in [0.3, 0.4) is 0 Å². The summed E-state index contributed by atoms with van der Waals surface area (Å²) in [7, 11) is 0. The Kier molecular flexibility index (Phi) is 4.22. The summed E-state index contributed by atoms with van der Waals surface area (Å²) < 4.78 is 0. The minimum atomic E-state index is -0.356. The van der Waals surface area contributed by atoms with Crippen molar-refractivity contribution in [1.29, 1.82) is 0 Å². The predicted molar refractivity (Wildman–Crippen MR) is 91.0 cm³/mol. The quantitative estimate of drug-likeness (QED) is 0.891. The van der Waals surface area contributed by atoms with Gasteiger partial charge in [0.05, 0.1) is 12.0 Å². The van der Waals surface area contributed by atoms with Gasteiger partial charge in [0.2, 0.25) is 5.91 Å². The highest BCUT2D eigenvalue weighted by atomic mass is 16.3. The number of hydrogen-bond acceptors (Lipinski definition) is 2. The Morgan fingerprint density at radius 1 is 1.09 bits per heavy atom. The maximum atomic E-state index is 12.7. The molecule has 0 heterocycles. The standard InChI is InChI=1S/C20H23NO2/c1-14-9-15(2)11-18(10-14)20(7-8-20)19(23)21-12-16-5-3-4-6-17(16)13-22/h3-6,9-11,22H,7-8,12-13H2,1-2H3,(H,21,23). The Balaban J connectivity index is 1.75. The zero-order chi connectivity index (χ0) is 16.4. The van der Waals surface area contributed by atoms with E-state index in [1.807, 2.05) is 24.3 Å². The van der Waals surface area contributed by atoms with Crippen molar-refractivity contribution < 1.29 is 9.90 Å². The highest BCUT2D eigenvalue weighted by molar-refractivity contribution is 5.91.